The van der Waals surface area contributed by atoms with Gasteiger partial charge in [0.05, 0.1) is 12.2 Å². The standard InChI is InChI=1S/C12H15NO4/c13-11-4-3-8(6-10(11)12(14)15)17-9-2-1-5-16-7-9/h3-4,6,9H,1-2,5,7,13H2,(H,14,15). The van der Waals surface area contributed by atoms with Gasteiger partial charge in [0.25, 0.3) is 0 Å². The second-order valence-corrected chi connectivity index (χ2v) is 4.01. The van der Waals surface area contributed by atoms with Crippen molar-refractivity contribution < 1.29 is 19.4 Å². The third kappa shape index (κ3) is 2.88. The van der Waals surface area contributed by atoms with Gasteiger partial charge in [-0.25, -0.2) is 4.79 Å². The van der Waals surface area contributed by atoms with E-state index in [1.165, 1.54) is 6.07 Å². The Morgan fingerprint density at radius 2 is 2.35 bits per heavy atom. The molecule has 1 atom stereocenters. The fourth-order valence-corrected chi connectivity index (χ4v) is 1.79. The van der Waals surface area contributed by atoms with Gasteiger partial charge in [-0.3, -0.25) is 0 Å². The number of anilines is 1. The smallest absolute Gasteiger partial charge is 0.337 e. The van der Waals surface area contributed by atoms with Crippen LogP contribution in [0.2, 0.25) is 0 Å². The Labute approximate surface area is 99.1 Å². The summed E-state index contributed by atoms with van der Waals surface area (Å²) >= 11 is 0. The number of hydrogen-bond donors (Lipinski definition) is 2. The average molecular weight is 237 g/mol. The van der Waals surface area contributed by atoms with Crippen LogP contribution < -0.4 is 10.5 Å². The summed E-state index contributed by atoms with van der Waals surface area (Å²) in [4.78, 5) is 10.9. The summed E-state index contributed by atoms with van der Waals surface area (Å²) in [5.41, 5.74) is 5.87. The zero-order valence-electron chi connectivity index (χ0n) is 9.39. The van der Waals surface area contributed by atoms with Crippen LogP contribution in [0.25, 0.3) is 0 Å². The number of nitrogen functional groups attached to an aromatic ring is 1. The van der Waals surface area contributed by atoms with Crippen molar-refractivity contribution in [3.05, 3.63) is 23.8 Å². The number of carboxylic acid groups (broad SMARTS) is 1. The van der Waals surface area contributed by atoms with Crippen LogP contribution in [0.15, 0.2) is 18.2 Å². The summed E-state index contributed by atoms with van der Waals surface area (Å²) in [6.07, 6.45) is 1.88. The van der Waals surface area contributed by atoms with E-state index < -0.39 is 5.97 Å². The third-order valence-electron chi connectivity index (χ3n) is 2.68. The minimum absolute atomic E-state index is 0.00554. The highest BCUT2D eigenvalue weighted by Gasteiger charge is 2.16. The first-order valence-corrected chi connectivity index (χ1v) is 5.54. The van der Waals surface area contributed by atoms with Crippen molar-refractivity contribution in [2.45, 2.75) is 18.9 Å². The highest BCUT2D eigenvalue weighted by molar-refractivity contribution is 5.94. The second kappa shape index (κ2) is 5.05. The molecular weight excluding hydrogens is 222 g/mol. The molecule has 1 fully saturated rings. The molecule has 1 aliphatic rings. The molecule has 1 unspecified atom stereocenters. The predicted molar refractivity (Wildman–Crippen MR) is 62.3 cm³/mol. The van der Waals surface area contributed by atoms with Gasteiger partial charge >= 0.3 is 5.97 Å². The molecule has 2 rings (SSSR count). The zero-order valence-corrected chi connectivity index (χ0v) is 9.39. The van der Waals surface area contributed by atoms with E-state index in [-0.39, 0.29) is 17.4 Å². The molecule has 0 saturated carbocycles. The van der Waals surface area contributed by atoms with Crippen LogP contribution in [-0.4, -0.2) is 30.4 Å². The number of rotatable bonds is 3. The first-order chi connectivity index (χ1) is 8.16. The predicted octanol–water partition coefficient (Wildman–Crippen LogP) is 1.52. The molecule has 3 N–H and O–H groups in total. The van der Waals surface area contributed by atoms with E-state index in [0.717, 1.165) is 19.4 Å². The van der Waals surface area contributed by atoms with E-state index in [4.69, 9.17) is 20.3 Å². The molecule has 1 saturated heterocycles. The molecule has 0 aromatic heterocycles. The molecule has 1 aromatic carbocycles. The van der Waals surface area contributed by atoms with Crippen molar-refractivity contribution in [2.24, 2.45) is 0 Å². The van der Waals surface area contributed by atoms with E-state index in [9.17, 15) is 4.79 Å². The maximum absolute atomic E-state index is 10.9. The molecule has 5 nitrogen and oxygen atoms in total. The van der Waals surface area contributed by atoms with Gasteiger partial charge in [0.15, 0.2) is 0 Å². The van der Waals surface area contributed by atoms with Crippen molar-refractivity contribution in [1.29, 1.82) is 0 Å². The number of carboxylic acids is 1. The Hall–Kier alpha value is -1.75. The lowest BCUT2D eigenvalue weighted by Gasteiger charge is -2.23. The van der Waals surface area contributed by atoms with Crippen molar-refractivity contribution in [3.63, 3.8) is 0 Å². The maximum Gasteiger partial charge on any atom is 0.337 e. The molecule has 0 spiro atoms. The fourth-order valence-electron chi connectivity index (χ4n) is 1.79. The van der Waals surface area contributed by atoms with Gasteiger partial charge in [-0.1, -0.05) is 0 Å². The average Bonchev–Trinajstić information content (AvgIpc) is 2.32. The quantitative estimate of drug-likeness (QED) is 0.779. The Kier molecular flexibility index (Phi) is 3.49. The summed E-state index contributed by atoms with van der Waals surface area (Å²) in [6.45, 7) is 1.31. The van der Waals surface area contributed by atoms with Crippen molar-refractivity contribution in [3.8, 4) is 5.75 Å². The molecular formula is C12H15NO4. The van der Waals surface area contributed by atoms with E-state index in [1.807, 2.05) is 0 Å². The van der Waals surface area contributed by atoms with Gasteiger partial charge in [-0.05, 0) is 31.0 Å². The number of benzene rings is 1. The van der Waals surface area contributed by atoms with Gasteiger partial charge in [-0.2, -0.15) is 0 Å². The Morgan fingerprint density at radius 1 is 1.53 bits per heavy atom. The van der Waals surface area contributed by atoms with Gasteiger partial charge < -0.3 is 20.3 Å². The normalized spacial score (nSPS) is 19.9. The van der Waals surface area contributed by atoms with Gasteiger partial charge in [0, 0.05) is 12.3 Å². The number of aromatic carboxylic acids is 1. The fraction of sp³-hybridized carbons (Fsp3) is 0.417. The number of ether oxygens (including phenoxy) is 2. The summed E-state index contributed by atoms with van der Waals surface area (Å²) in [7, 11) is 0. The first-order valence-electron chi connectivity index (χ1n) is 5.54. The molecule has 92 valence electrons. The summed E-state index contributed by atoms with van der Waals surface area (Å²) < 4.78 is 10.9. The maximum atomic E-state index is 10.9. The first kappa shape index (κ1) is 11.7. The molecule has 0 bridgehead atoms. The van der Waals surface area contributed by atoms with E-state index in [1.54, 1.807) is 12.1 Å². The Balaban J connectivity index is 2.10. The molecule has 5 heteroatoms. The van der Waals surface area contributed by atoms with Crippen LogP contribution in [-0.2, 0) is 4.74 Å². The molecule has 0 aliphatic carbocycles. The molecule has 1 aromatic rings. The van der Waals surface area contributed by atoms with E-state index in [2.05, 4.69) is 0 Å². The van der Waals surface area contributed by atoms with Gasteiger partial charge in [0.1, 0.15) is 11.9 Å². The van der Waals surface area contributed by atoms with Crippen molar-refractivity contribution >= 4 is 11.7 Å². The van der Waals surface area contributed by atoms with Crippen LogP contribution in [0.4, 0.5) is 5.69 Å². The summed E-state index contributed by atoms with van der Waals surface area (Å²) in [5.74, 6) is -0.528. The highest BCUT2D eigenvalue weighted by atomic mass is 16.5. The number of hydrogen-bond acceptors (Lipinski definition) is 4. The zero-order chi connectivity index (χ0) is 12.3. The number of nitrogens with two attached hydrogens (primary N) is 1. The van der Waals surface area contributed by atoms with E-state index >= 15 is 0 Å². The lowest BCUT2D eigenvalue weighted by atomic mass is 10.1. The number of carbonyl (C=O) groups is 1. The Bertz CT molecular complexity index is 413. The van der Waals surface area contributed by atoms with Crippen LogP contribution in [0.3, 0.4) is 0 Å². The molecule has 17 heavy (non-hydrogen) atoms. The molecule has 0 radical (unpaired) electrons. The van der Waals surface area contributed by atoms with Crippen molar-refractivity contribution in [1.82, 2.24) is 0 Å². The molecule has 0 amide bonds. The van der Waals surface area contributed by atoms with Crippen LogP contribution in [0.5, 0.6) is 5.75 Å². The van der Waals surface area contributed by atoms with E-state index in [0.29, 0.717) is 12.4 Å². The van der Waals surface area contributed by atoms with Crippen LogP contribution in [0, 0.1) is 0 Å². The van der Waals surface area contributed by atoms with Gasteiger partial charge in [0.2, 0.25) is 0 Å². The van der Waals surface area contributed by atoms with Crippen LogP contribution >= 0.6 is 0 Å². The second-order valence-electron chi connectivity index (χ2n) is 4.01. The lowest BCUT2D eigenvalue weighted by Crippen LogP contribution is -2.28. The minimum Gasteiger partial charge on any atom is -0.488 e. The SMILES string of the molecule is Nc1ccc(OC2CCCOC2)cc1C(=O)O. The topological polar surface area (TPSA) is 81.8 Å². The third-order valence-corrected chi connectivity index (χ3v) is 2.68. The minimum atomic E-state index is -1.05. The summed E-state index contributed by atoms with van der Waals surface area (Å²) in [5, 5.41) is 8.94. The van der Waals surface area contributed by atoms with Crippen molar-refractivity contribution in [2.75, 3.05) is 18.9 Å². The highest BCUT2D eigenvalue weighted by Crippen LogP contribution is 2.22. The lowest BCUT2D eigenvalue weighted by molar-refractivity contribution is 0.00739. The monoisotopic (exact) mass is 237 g/mol. The van der Waals surface area contributed by atoms with Crippen LogP contribution in [0.1, 0.15) is 23.2 Å². The molecule has 1 heterocycles. The summed E-state index contributed by atoms with van der Waals surface area (Å²) in [6, 6.07) is 4.67. The Morgan fingerprint density at radius 3 is 3.00 bits per heavy atom. The van der Waals surface area contributed by atoms with Gasteiger partial charge in [-0.15, -0.1) is 0 Å². The largest absolute Gasteiger partial charge is 0.488 e. The molecule has 1 aliphatic heterocycles.